The maximum absolute atomic E-state index is 11.2. The fourth-order valence-corrected chi connectivity index (χ4v) is 4.08. The zero-order valence-electron chi connectivity index (χ0n) is 23.3. The van der Waals surface area contributed by atoms with E-state index in [0.717, 1.165) is 19.8 Å². The smallest absolute Gasteiger partial charge is 0.310 e. The zero-order valence-corrected chi connectivity index (χ0v) is 23.3. The molecule has 0 saturated heterocycles. The van der Waals surface area contributed by atoms with Crippen molar-refractivity contribution in [2.24, 2.45) is 5.41 Å². The number of aliphatic carboxylic acids is 1. The van der Waals surface area contributed by atoms with Gasteiger partial charge in [-0.2, -0.15) is 0 Å². The van der Waals surface area contributed by atoms with E-state index in [1.54, 1.807) is 0 Å². The molecule has 0 aromatic rings. The van der Waals surface area contributed by atoms with Gasteiger partial charge >= 0.3 is 5.97 Å². The maximum atomic E-state index is 11.2. The molecule has 4 heteroatoms. The number of rotatable bonds is 22. The molecular formula is C30H58O4. The van der Waals surface area contributed by atoms with Crippen LogP contribution in [0.3, 0.4) is 0 Å². The highest BCUT2D eigenvalue weighted by Crippen LogP contribution is 2.22. The van der Waals surface area contributed by atoms with Gasteiger partial charge in [-0.15, -0.1) is 0 Å². The minimum absolute atomic E-state index is 0.146. The van der Waals surface area contributed by atoms with E-state index in [9.17, 15) is 4.79 Å². The summed E-state index contributed by atoms with van der Waals surface area (Å²) >= 11 is 0. The predicted molar refractivity (Wildman–Crippen MR) is 146 cm³/mol. The highest BCUT2D eigenvalue weighted by Gasteiger charge is 2.08. The van der Waals surface area contributed by atoms with Crippen LogP contribution in [0.4, 0.5) is 0 Å². The van der Waals surface area contributed by atoms with Gasteiger partial charge in [0.15, 0.2) is 0 Å². The lowest BCUT2D eigenvalue weighted by molar-refractivity contribution is -0.138. The van der Waals surface area contributed by atoms with Gasteiger partial charge in [0.2, 0.25) is 0 Å². The third-order valence-corrected chi connectivity index (χ3v) is 6.02. The molecule has 0 heterocycles. The van der Waals surface area contributed by atoms with Crippen LogP contribution in [0.5, 0.6) is 0 Å². The number of esters is 1. The molecule has 0 spiro atoms. The first-order chi connectivity index (χ1) is 16.2. The zero-order chi connectivity index (χ0) is 25.9. The fraction of sp³-hybridized carbons (Fsp3) is 0.867. The molecule has 0 amide bonds. The minimum Gasteiger partial charge on any atom is -0.481 e. The van der Waals surface area contributed by atoms with Gasteiger partial charge in [-0.3, -0.25) is 9.59 Å². The summed E-state index contributed by atoms with van der Waals surface area (Å²) < 4.78 is 4.72. The number of carbonyl (C=O) groups is 2. The normalized spacial score (nSPS) is 10.9. The van der Waals surface area contributed by atoms with Crippen molar-refractivity contribution in [3.63, 3.8) is 0 Å². The number of carboxylic acids is 1. The number of ether oxygens (including phenoxy) is 1. The summed E-state index contributed by atoms with van der Waals surface area (Å²) in [5.74, 6) is -0.980. The molecule has 0 aromatic heterocycles. The van der Waals surface area contributed by atoms with Crippen LogP contribution in [-0.2, 0) is 14.3 Å². The van der Waals surface area contributed by atoms with Gasteiger partial charge in [0.05, 0.1) is 6.26 Å². The van der Waals surface area contributed by atoms with E-state index >= 15 is 0 Å². The molecule has 0 aliphatic heterocycles. The lowest BCUT2D eigenvalue weighted by Crippen LogP contribution is -2.03. The van der Waals surface area contributed by atoms with Crippen molar-refractivity contribution in [2.45, 2.75) is 163 Å². The molecule has 0 fully saturated rings. The van der Waals surface area contributed by atoms with Crippen molar-refractivity contribution >= 4 is 11.9 Å². The predicted octanol–water partition coefficient (Wildman–Crippen LogP) is 10.0. The van der Waals surface area contributed by atoms with Crippen molar-refractivity contribution in [1.29, 1.82) is 0 Å². The standard InChI is InChI=1S/C28H54O2.C2H4O2/c1-5-30-27(29)25-23-21-19-17-15-13-11-9-7-6-8-10-12-14-16-18-20-22-24-26-28(2,3)4;1-2(3)4/h5H,1,6-26H2,2-4H3;1H3,(H,3,4). The monoisotopic (exact) mass is 482 g/mol. The van der Waals surface area contributed by atoms with E-state index in [1.807, 2.05) is 0 Å². The second-order valence-electron chi connectivity index (χ2n) is 11.0. The number of hydrogen-bond acceptors (Lipinski definition) is 3. The molecule has 0 rings (SSSR count). The average molecular weight is 483 g/mol. The van der Waals surface area contributed by atoms with Crippen LogP contribution < -0.4 is 0 Å². The maximum Gasteiger partial charge on any atom is 0.310 e. The van der Waals surface area contributed by atoms with E-state index in [4.69, 9.17) is 14.6 Å². The number of unbranched alkanes of at least 4 members (excludes halogenated alkanes) is 18. The number of carbonyl (C=O) groups excluding carboxylic acids is 1. The quantitative estimate of drug-likeness (QED) is 0.0947. The second-order valence-corrected chi connectivity index (χ2v) is 11.0. The van der Waals surface area contributed by atoms with Crippen molar-refractivity contribution in [1.82, 2.24) is 0 Å². The largest absolute Gasteiger partial charge is 0.481 e. The molecule has 4 nitrogen and oxygen atoms in total. The molecule has 0 aromatic carbocycles. The van der Waals surface area contributed by atoms with Crippen molar-refractivity contribution in [3.8, 4) is 0 Å². The summed E-state index contributed by atoms with van der Waals surface area (Å²) in [5.41, 5.74) is 0.519. The fourth-order valence-electron chi connectivity index (χ4n) is 4.08. The lowest BCUT2D eigenvalue weighted by atomic mass is 9.89. The average Bonchev–Trinajstić information content (AvgIpc) is 2.74. The highest BCUT2D eigenvalue weighted by atomic mass is 16.5. The molecule has 0 saturated carbocycles. The van der Waals surface area contributed by atoms with E-state index in [0.29, 0.717) is 11.8 Å². The molecule has 1 N–H and O–H groups in total. The Kier molecular flexibility index (Phi) is 26.9. The molecule has 0 aliphatic carbocycles. The summed E-state index contributed by atoms with van der Waals surface area (Å²) in [4.78, 5) is 20.2. The van der Waals surface area contributed by atoms with Crippen LogP contribution in [0.25, 0.3) is 0 Å². The van der Waals surface area contributed by atoms with Gasteiger partial charge in [0.1, 0.15) is 0 Å². The van der Waals surface area contributed by atoms with Gasteiger partial charge in [-0.05, 0) is 18.3 Å². The molecule has 202 valence electrons. The van der Waals surface area contributed by atoms with Crippen LogP contribution in [-0.4, -0.2) is 17.0 Å². The van der Waals surface area contributed by atoms with Crippen LogP contribution in [0.2, 0.25) is 0 Å². The summed E-state index contributed by atoms with van der Waals surface area (Å²) in [6.45, 7) is 11.5. The summed E-state index contributed by atoms with van der Waals surface area (Å²) in [6, 6.07) is 0. The van der Waals surface area contributed by atoms with Gasteiger partial charge in [-0.1, -0.05) is 143 Å². The molecule has 34 heavy (non-hydrogen) atoms. The number of hydrogen-bond donors (Lipinski definition) is 1. The Balaban J connectivity index is 0. The highest BCUT2D eigenvalue weighted by molar-refractivity contribution is 5.69. The SMILES string of the molecule is C=COC(=O)CCCCCCCCCCCCCCCCCCCCCC(C)(C)C.CC(=O)O. The van der Waals surface area contributed by atoms with Gasteiger partial charge in [-0.25, -0.2) is 0 Å². The molecule has 0 bridgehead atoms. The third-order valence-electron chi connectivity index (χ3n) is 6.02. The Morgan fingerprint density at radius 2 is 0.912 bits per heavy atom. The molecule has 0 atom stereocenters. The third kappa shape index (κ3) is 38.0. The van der Waals surface area contributed by atoms with E-state index in [1.165, 1.54) is 122 Å². The van der Waals surface area contributed by atoms with E-state index in [-0.39, 0.29) is 5.97 Å². The van der Waals surface area contributed by atoms with Crippen molar-refractivity contribution < 1.29 is 19.4 Å². The van der Waals surface area contributed by atoms with Crippen LogP contribution in [0.1, 0.15) is 163 Å². The molecular weight excluding hydrogens is 424 g/mol. The van der Waals surface area contributed by atoms with Crippen LogP contribution >= 0.6 is 0 Å². The van der Waals surface area contributed by atoms with E-state index < -0.39 is 5.97 Å². The number of carboxylic acid groups (broad SMARTS) is 1. The Morgan fingerprint density at radius 3 is 1.18 bits per heavy atom. The van der Waals surface area contributed by atoms with Crippen LogP contribution in [0.15, 0.2) is 12.8 Å². The Labute approximate surface area is 212 Å². The summed E-state index contributed by atoms with van der Waals surface area (Å²) in [5, 5.41) is 7.42. The van der Waals surface area contributed by atoms with Crippen LogP contribution in [0, 0.1) is 5.41 Å². The van der Waals surface area contributed by atoms with Gasteiger partial charge < -0.3 is 9.84 Å². The topological polar surface area (TPSA) is 63.6 Å². The first-order valence-corrected chi connectivity index (χ1v) is 14.2. The second kappa shape index (κ2) is 26.3. The molecule has 0 unspecified atom stereocenters. The first-order valence-electron chi connectivity index (χ1n) is 14.2. The summed E-state index contributed by atoms with van der Waals surface area (Å²) in [7, 11) is 0. The Hall–Kier alpha value is -1.32. The van der Waals surface area contributed by atoms with Crippen molar-refractivity contribution in [2.75, 3.05) is 0 Å². The Bertz CT molecular complexity index is 461. The van der Waals surface area contributed by atoms with Crippen molar-refractivity contribution in [3.05, 3.63) is 12.8 Å². The molecule has 0 radical (unpaired) electrons. The molecule has 0 aliphatic rings. The minimum atomic E-state index is -0.833. The lowest BCUT2D eigenvalue weighted by Gasteiger charge is -2.17. The van der Waals surface area contributed by atoms with E-state index in [2.05, 4.69) is 27.4 Å². The summed E-state index contributed by atoms with van der Waals surface area (Å²) in [6.07, 6.45) is 29.2. The van der Waals surface area contributed by atoms with Gasteiger partial charge in [0, 0.05) is 13.3 Å². The first kappa shape index (κ1) is 34.8. The van der Waals surface area contributed by atoms with Gasteiger partial charge in [0.25, 0.3) is 5.97 Å². The Morgan fingerprint density at radius 1 is 0.647 bits per heavy atom.